The molecule has 37 heavy (non-hydrogen) atoms. The number of hydrogen-bond donors (Lipinski definition) is 2. The summed E-state index contributed by atoms with van der Waals surface area (Å²) < 4.78 is 11.4. The van der Waals surface area contributed by atoms with Crippen LogP contribution in [0.15, 0.2) is 59.8 Å². The van der Waals surface area contributed by atoms with Gasteiger partial charge in [0.2, 0.25) is 0 Å². The molecule has 0 saturated carbocycles. The minimum atomic E-state index is -0.511. The SMILES string of the molecule is CSc1ccc(C(=O)Nc2cccnc2C(=O)Nc2ccc(Cl)cn2)c(OCCCN2CCOCC2)c1. The molecule has 9 nitrogen and oxygen atoms in total. The minimum Gasteiger partial charge on any atom is -0.493 e. The molecule has 1 saturated heterocycles. The molecule has 1 aliphatic rings. The maximum Gasteiger partial charge on any atom is 0.277 e. The van der Waals surface area contributed by atoms with Gasteiger partial charge < -0.3 is 20.1 Å². The third-order valence-electron chi connectivity index (χ3n) is 5.65. The highest BCUT2D eigenvalue weighted by atomic mass is 35.5. The van der Waals surface area contributed by atoms with E-state index in [0.717, 1.165) is 44.2 Å². The van der Waals surface area contributed by atoms with E-state index in [4.69, 9.17) is 21.1 Å². The normalized spacial score (nSPS) is 13.7. The monoisotopic (exact) mass is 541 g/mol. The first-order valence-electron chi connectivity index (χ1n) is 11.8. The molecule has 1 aromatic carbocycles. The Balaban J connectivity index is 1.44. The summed E-state index contributed by atoms with van der Waals surface area (Å²) in [6.07, 6.45) is 5.71. The molecule has 3 aromatic rings. The van der Waals surface area contributed by atoms with Gasteiger partial charge in [-0.2, -0.15) is 0 Å². The Morgan fingerprint density at radius 3 is 2.70 bits per heavy atom. The number of nitrogens with zero attached hydrogens (tertiary/aromatic N) is 3. The van der Waals surface area contributed by atoms with Crippen molar-refractivity contribution in [2.45, 2.75) is 11.3 Å². The molecule has 1 fully saturated rings. The van der Waals surface area contributed by atoms with Gasteiger partial charge in [0.05, 0.1) is 36.1 Å². The van der Waals surface area contributed by atoms with E-state index >= 15 is 0 Å². The molecule has 1 aliphatic heterocycles. The average molecular weight is 542 g/mol. The van der Waals surface area contributed by atoms with Gasteiger partial charge in [-0.3, -0.25) is 14.5 Å². The number of pyridine rings is 2. The molecule has 3 heterocycles. The summed E-state index contributed by atoms with van der Waals surface area (Å²) in [4.78, 5) is 37.7. The fourth-order valence-corrected chi connectivity index (χ4v) is 4.27. The Hall–Kier alpha value is -3.18. The van der Waals surface area contributed by atoms with Crippen molar-refractivity contribution in [2.75, 3.05) is 56.3 Å². The van der Waals surface area contributed by atoms with Crippen LogP contribution in [0.5, 0.6) is 5.75 Å². The maximum absolute atomic E-state index is 13.3. The van der Waals surface area contributed by atoms with Gasteiger partial charge in [-0.15, -0.1) is 11.8 Å². The number of benzene rings is 1. The number of hydrogen-bond acceptors (Lipinski definition) is 8. The van der Waals surface area contributed by atoms with Gasteiger partial charge in [-0.25, -0.2) is 9.97 Å². The number of aromatic nitrogens is 2. The fourth-order valence-electron chi connectivity index (χ4n) is 3.73. The van der Waals surface area contributed by atoms with Crippen LogP contribution < -0.4 is 15.4 Å². The van der Waals surface area contributed by atoms with Gasteiger partial charge in [0.25, 0.3) is 11.8 Å². The summed E-state index contributed by atoms with van der Waals surface area (Å²) in [6, 6.07) is 11.9. The predicted molar refractivity (Wildman–Crippen MR) is 145 cm³/mol. The minimum absolute atomic E-state index is 0.0568. The second-order valence-electron chi connectivity index (χ2n) is 8.19. The highest BCUT2D eigenvalue weighted by Gasteiger charge is 2.19. The molecular weight excluding hydrogens is 514 g/mol. The van der Waals surface area contributed by atoms with E-state index in [0.29, 0.717) is 28.8 Å². The van der Waals surface area contributed by atoms with E-state index in [-0.39, 0.29) is 11.4 Å². The van der Waals surface area contributed by atoms with Crippen LogP contribution in [0.25, 0.3) is 0 Å². The lowest BCUT2D eigenvalue weighted by atomic mass is 10.1. The van der Waals surface area contributed by atoms with Crippen LogP contribution in [0.3, 0.4) is 0 Å². The van der Waals surface area contributed by atoms with Crippen molar-refractivity contribution in [1.82, 2.24) is 14.9 Å². The molecule has 11 heteroatoms. The molecule has 0 bridgehead atoms. The molecular formula is C26H28ClN5O4S. The van der Waals surface area contributed by atoms with Crippen LogP contribution in [-0.2, 0) is 4.74 Å². The van der Waals surface area contributed by atoms with Gasteiger partial charge >= 0.3 is 0 Å². The smallest absolute Gasteiger partial charge is 0.277 e. The van der Waals surface area contributed by atoms with Crippen LogP contribution in [-0.4, -0.2) is 72.4 Å². The van der Waals surface area contributed by atoms with E-state index in [1.54, 1.807) is 42.1 Å². The molecule has 0 atom stereocenters. The largest absolute Gasteiger partial charge is 0.493 e. The van der Waals surface area contributed by atoms with E-state index < -0.39 is 11.8 Å². The summed E-state index contributed by atoms with van der Waals surface area (Å²) in [7, 11) is 0. The second-order valence-corrected chi connectivity index (χ2v) is 9.50. The lowest BCUT2D eigenvalue weighted by Gasteiger charge is -2.26. The van der Waals surface area contributed by atoms with Crippen LogP contribution in [0.1, 0.15) is 27.3 Å². The Morgan fingerprint density at radius 1 is 1.11 bits per heavy atom. The van der Waals surface area contributed by atoms with E-state index in [9.17, 15) is 9.59 Å². The lowest BCUT2D eigenvalue weighted by molar-refractivity contribution is 0.0357. The molecule has 2 N–H and O–H groups in total. The second kappa shape index (κ2) is 13.4. The van der Waals surface area contributed by atoms with E-state index in [2.05, 4.69) is 25.5 Å². The molecule has 0 unspecified atom stereocenters. The highest BCUT2D eigenvalue weighted by molar-refractivity contribution is 7.98. The fraction of sp³-hybridized carbons (Fsp3) is 0.308. The van der Waals surface area contributed by atoms with E-state index in [1.807, 2.05) is 18.4 Å². The Morgan fingerprint density at radius 2 is 1.95 bits per heavy atom. The maximum atomic E-state index is 13.3. The summed E-state index contributed by atoms with van der Waals surface area (Å²) in [5, 5.41) is 5.93. The number of halogens is 1. The Kier molecular flexibility index (Phi) is 9.72. The number of nitrogens with one attached hydrogen (secondary N) is 2. The number of thioether (sulfide) groups is 1. The number of ether oxygens (including phenoxy) is 2. The van der Waals surface area contributed by atoms with Crippen molar-refractivity contribution in [1.29, 1.82) is 0 Å². The van der Waals surface area contributed by atoms with Gasteiger partial charge in [0.15, 0.2) is 5.69 Å². The highest BCUT2D eigenvalue weighted by Crippen LogP contribution is 2.27. The van der Waals surface area contributed by atoms with Crippen molar-refractivity contribution in [3.8, 4) is 5.75 Å². The molecule has 0 spiro atoms. The molecule has 4 rings (SSSR count). The van der Waals surface area contributed by atoms with Crippen LogP contribution in [0.2, 0.25) is 5.02 Å². The number of amides is 2. The summed E-state index contributed by atoms with van der Waals surface area (Å²) >= 11 is 7.43. The van der Waals surface area contributed by atoms with Crippen molar-refractivity contribution in [3.63, 3.8) is 0 Å². The van der Waals surface area contributed by atoms with Crippen molar-refractivity contribution in [2.24, 2.45) is 0 Å². The average Bonchev–Trinajstić information content (AvgIpc) is 2.93. The number of carbonyl (C=O) groups excluding carboxylic acids is 2. The van der Waals surface area contributed by atoms with Gasteiger partial charge in [0, 0.05) is 36.9 Å². The quantitative estimate of drug-likeness (QED) is 0.286. The third-order valence-corrected chi connectivity index (χ3v) is 6.60. The first kappa shape index (κ1) is 26.9. The van der Waals surface area contributed by atoms with Crippen molar-refractivity contribution >= 4 is 46.7 Å². The zero-order valence-electron chi connectivity index (χ0n) is 20.4. The number of anilines is 2. The van der Waals surface area contributed by atoms with E-state index in [1.165, 1.54) is 12.4 Å². The van der Waals surface area contributed by atoms with Gasteiger partial charge in [-0.1, -0.05) is 11.6 Å². The molecule has 0 radical (unpaired) electrons. The molecule has 2 amide bonds. The van der Waals surface area contributed by atoms with Crippen molar-refractivity contribution in [3.05, 3.63) is 71.1 Å². The Bertz CT molecular complexity index is 1220. The Labute approximate surface area is 224 Å². The standard InChI is InChI=1S/C26H28ClN5O4S/c1-37-19-6-7-20(22(16-19)36-13-3-10-32-11-14-35-15-12-32)25(33)30-21-4-2-9-28-24(21)26(34)31-23-8-5-18(27)17-29-23/h2,4-9,16-17H,3,10-15H2,1H3,(H,30,33)(H,29,31,34). The van der Waals surface area contributed by atoms with Crippen LogP contribution >= 0.6 is 23.4 Å². The van der Waals surface area contributed by atoms with Crippen molar-refractivity contribution < 1.29 is 19.1 Å². The summed E-state index contributed by atoms with van der Waals surface area (Å²) in [5.74, 6) is -0.102. The molecule has 194 valence electrons. The zero-order chi connectivity index (χ0) is 26.0. The topological polar surface area (TPSA) is 106 Å². The van der Waals surface area contributed by atoms with Gasteiger partial charge in [0.1, 0.15) is 11.6 Å². The first-order chi connectivity index (χ1) is 18.0. The number of morpholine rings is 1. The summed E-state index contributed by atoms with van der Waals surface area (Å²) in [6.45, 7) is 4.74. The van der Waals surface area contributed by atoms with Gasteiger partial charge in [-0.05, 0) is 55.1 Å². The first-order valence-corrected chi connectivity index (χ1v) is 13.4. The molecule has 2 aromatic heterocycles. The third kappa shape index (κ3) is 7.65. The van der Waals surface area contributed by atoms with Crippen LogP contribution in [0.4, 0.5) is 11.5 Å². The zero-order valence-corrected chi connectivity index (χ0v) is 22.0. The number of rotatable bonds is 10. The summed E-state index contributed by atoms with van der Waals surface area (Å²) in [5.41, 5.74) is 0.700. The lowest BCUT2D eigenvalue weighted by Crippen LogP contribution is -2.37. The van der Waals surface area contributed by atoms with Crippen LogP contribution in [0, 0.1) is 0 Å². The number of carbonyl (C=O) groups is 2. The molecule has 0 aliphatic carbocycles. The predicted octanol–water partition coefficient (Wildman–Crippen LogP) is 4.46.